The summed E-state index contributed by atoms with van der Waals surface area (Å²) in [7, 11) is 0. The van der Waals surface area contributed by atoms with E-state index in [4.69, 9.17) is 18.9 Å². The van der Waals surface area contributed by atoms with Gasteiger partial charge in [-0.1, -0.05) is 425 Å². The lowest BCUT2D eigenvalue weighted by Gasteiger charge is -2.33. The summed E-state index contributed by atoms with van der Waals surface area (Å²) in [4.78, 5) is 56.9. The molecule has 0 amide bonds. The van der Waals surface area contributed by atoms with Crippen molar-refractivity contribution >= 4 is 23.9 Å². The average Bonchev–Trinajstić information content (AvgIpc) is 1.62. The Kier molecular flexibility index (Phi) is 64.0. The fraction of sp³-hybridized carbons (Fsp3) is 0.953. The van der Waals surface area contributed by atoms with E-state index >= 15 is 0 Å². The van der Waals surface area contributed by atoms with Crippen molar-refractivity contribution < 1.29 is 38.1 Å². The van der Waals surface area contributed by atoms with E-state index in [0.29, 0.717) is 12.8 Å². The minimum atomic E-state index is -1.23. The SMILES string of the molecule is CCCCCCCCCCCCCCCCCCCC(=O)OCC(COC(=O)CCCCCCCCCCCCCCCCCCC)(COC(=O)C1CCCCCCCCCCCCCCCCCC1)COC(=O)C1CCCCCCCCCCCCCCCCCC1. The molecule has 0 unspecified atom stereocenters. The minimum Gasteiger partial charge on any atom is -0.465 e. The van der Waals surface area contributed by atoms with Gasteiger partial charge in [0.25, 0.3) is 0 Å². The van der Waals surface area contributed by atoms with Crippen LogP contribution in [0.3, 0.4) is 0 Å². The molecule has 0 aromatic rings. The second-order valence-corrected chi connectivity index (χ2v) is 30.7. The summed E-state index contributed by atoms with van der Waals surface area (Å²) in [6.45, 7) is 4.01. The molecule has 0 bridgehead atoms. The van der Waals surface area contributed by atoms with Crippen molar-refractivity contribution in [3.05, 3.63) is 0 Å². The van der Waals surface area contributed by atoms with Gasteiger partial charge in [0, 0.05) is 12.8 Å². The zero-order chi connectivity index (χ0) is 66.5. The van der Waals surface area contributed by atoms with Crippen LogP contribution in [-0.4, -0.2) is 50.3 Å². The Labute approximate surface area is 578 Å². The highest BCUT2D eigenvalue weighted by molar-refractivity contribution is 5.73. The van der Waals surface area contributed by atoms with Crippen molar-refractivity contribution in [3.63, 3.8) is 0 Å². The molecule has 0 heterocycles. The molecular weight excluding hydrogens is 1150 g/mol. The smallest absolute Gasteiger partial charge is 0.308 e. The zero-order valence-corrected chi connectivity index (χ0v) is 62.7. The molecule has 2 saturated carbocycles. The summed E-state index contributed by atoms with van der Waals surface area (Å²) in [6, 6.07) is 0. The van der Waals surface area contributed by atoms with Crippen molar-refractivity contribution in [2.24, 2.45) is 17.3 Å². The van der Waals surface area contributed by atoms with Crippen LogP contribution in [0.15, 0.2) is 0 Å². The Morgan fingerprint density at radius 2 is 0.387 bits per heavy atom. The molecule has 2 rings (SSSR count). The number of rotatable bonds is 46. The monoisotopic (exact) mass is 1310 g/mol. The second-order valence-electron chi connectivity index (χ2n) is 30.7. The van der Waals surface area contributed by atoms with Crippen LogP contribution in [0.2, 0.25) is 0 Å². The lowest BCUT2D eigenvalue weighted by Crippen LogP contribution is -2.44. The molecule has 0 aromatic heterocycles. The van der Waals surface area contributed by atoms with Crippen LogP contribution in [0.4, 0.5) is 0 Å². The zero-order valence-electron chi connectivity index (χ0n) is 62.7. The fourth-order valence-electron chi connectivity index (χ4n) is 14.8. The van der Waals surface area contributed by atoms with E-state index in [0.717, 1.165) is 116 Å². The third kappa shape index (κ3) is 57.5. The van der Waals surface area contributed by atoms with Gasteiger partial charge in [0.15, 0.2) is 0 Å². The normalized spacial score (nSPS) is 17.4. The summed E-state index contributed by atoms with van der Waals surface area (Å²) < 4.78 is 25.4. The molecule has 0 radical (unpaired) electrons. The quantitative estimate of drug-likeness (QED) is 0.0337. The van der Waals surface area contributed by atoms with Crippen LogP contribution in [0, 0.1) is 17.3 Å². The molecule has 93 heavy (non-hydrogen) atoms. The fourth-order valence-corrected chi connectivity index (χ4v) is 14.8. The average molecular weight is 1310 g/mol. The third-order valence-electron chi connectivity index (χ3n) is 21.5. The number of ether oxygens (including phenoxy) is 4. The van der Waals surface area contributed by atoms with Crippen molar-refractivity contribution in [2.45, 2.75) is 476 Å². The maximum absolute atomic E-state index is 14.6. The van der Waals surface area contributed by atoms with Gasteiger partial charge in [0.2, 0.25) is 0 Å². The first-order valence-electron chi connectivity index (χ1n) is 42.5. The number of unbranched alkanes of at least 4 members (excludes halogenated alkanes) is 32. The van der Waals surface area contributed by atoms with Crippen LogP contribution in [0.5, 0.6) is 0 Å². The number of esters is 4. The molecule has 0 aromatic carbocycles. The Morgan fingerprint density at radius 3 is 0.581 bits per heavy atom. The standard InChI is InChI=1S/C85H160O8/c1-3-5-7-9-11-13-15-17-19-21-31-37-43-49-55-61-67-73-81(86)90-75-85(76-91-82(87)74-68-62-56-50-44-38-32-22-20-18-16-14-12-10-8-6-4-2,77-92-83(88)79-69-63-57-51-45-39-33-27-23-24-28-34-40-46-52-58-64-70-79)78-93-84(89)80-71-65-59-53-47-41-35-29-25-26-30-36-42-48-54-60-66-72-80/h79-80H,3-78H2,1-2H3. The van der Waals surface area contributed by atoms with Crippen molar-refractivity contribution in [1.82, 2.24) is 0 Å². The molecule has 2 aliphatic rings. The van der Waals surface area contributed by atoms with E-state index in [9.17, 15) is 19.2 Å². The third-order valence-corrected chi connectivity index (χ3v) is 21.5. The van der Waals surface area contributed by atoms with Gasteiger partial charge in [-0.25, -0.2) is 0 Å². The minimum absolute atomic E-state index is 0.140. The molecular formula is C85H160O8. The Morgan fingerprint density at radius 1 is 0.226 bits per heavy atom. The van der Waals surface area contributed by atoms with Gasteiger partial charge in [-0.3, -0.25) is 19.2 Å². The summed E-state index contributed by atoms with van der Waals surface area (Å²) in [5.41, 5.74) is -1.23. The van der Waals surface area contributed by atoms with Gasteiger partial charge in [0.1, 0.15) is 31.8 Å². The maximum atomic E-state index is 14.6. The van der Waals surface area contributed by atoms with E-state index < -0.39 is 5.41 Å². The van der Waals surface area contributed by atoms with Crippen molar-refractivity contribution in [2.75, 3.05) is 26.4 Å². The van der Waals surface area contributed by atoms with Crippen LogP contribution >= 0.6 is 0 Å². The van der Waals surface area contributed by atoms with Crippen LogP contribution < -0.4 is 0 Å². The first-order chi connectivity index (χ1) is 45.9. The van der Waals surface area contributed by atoms with E-state index in [1.54, 1.807) is 0 Å². The van der Waals surface area contributed by atoms with Gasteiger partial charge in [-0.05, 0) is 38.5 Å². The summed E-state index contributed by atoms with van der Waals surface area (Å²) in [5.74, 6) is -1.50. The summed E-state index contributed by atoms with van der Waals surface area (Å²) in [6.07, 6.45) is 87.0. The Bertz CT molecular complexity index is 1460. The lowest BCUT2D eigenvalue weighted by molar-refractivity contribution is -0.174. The number of hydrogen-bond donors (Lipinski definition) is 0. The predicted octanol–water partition coefficient (Wildman–Crippen LogP) is 27.5. The molecule has 8 nitrogen and oxygen atoms in total. The van der Waals surface area contributed by atoms with Gasteiger partial charge < -0.3 is 18.9 Å². The first kappa shape index (κ1) is 87.0. The number of carbonyl (C=O) groups is 4. The molecule has 0 spiro atoms. The van der Waals surface area contributed by atoms with Gasteiger partial charge in [0.05, 0.1) is 11.8 Å². The second kappa shape index (κ2) is 68.4. The Hall–Kier alpha value is -2.12. The number of carbonyl (C=O) groups excluding carboxylic acids is 4. The molecule has 2 aliphatic carbocycles. The van der Waals surface area contributed by atoms with E-state index in [1.165, 1.54) is 334 Å². The van der Waals surface area contributed by atoms with Gasteiger partial charge >= 0.3 is 23.9 Å². The van der Waals surface area contributed by atoms with Crippen molar-refractivity contribution in [1.29, 1.82) is 0 Å². The molecule has 0 N–H and O–H groups in total. The van der Waals surface area contributed by atoms with E-state index in [1.807, 2.05) is 0 Å². The predicted molar refractivity (Wildman–Crippen MR) is 397 cm³/mol. The maximum Gasteiger partial charge on any atom is 0.308 e. The van der Waals surface area contributed by atoms with Gasteiger partial charge in [-0.2, -0.15) is 0 Å². The van der Waals surface area contributed by atoms with E-state index in [2.05, 4.69) is 13.8 Å². The summed E-state index contributed by atoms with van der Waals surface area (Å²) in [5, 5.41) is 0. The largest absolute Gasteiger partial charge is 0.465 e. The highest BCUT2D eigenvalue weighted by Crippen LogP contribution is 2.29. The Balaban J connectivity index is 2.21. The molecule has 0 atom stereocenters. The summed E-state index contributed by atoms with van der Waals surface area (Å²) >= 11 is 0. The molecule has 0 saturated heterocycles. The first-order valence-corrected chi connectivity index (χ1v) is 42.5. The van der Waals surface area contributed by atoms with E-state index in [-0.39, 0.29) is 62.1 Å². The lowest BCUT2D eigenvalue weighted by atomic mass is 9.90. The molecule has 548 valence electrons. The van der Waals surface area contributed by atoms with Crippen LogP contribution in [0.1, 0.15) is 476 Å². The highest BCUT2D eigenvalue weighted by atomic mass is 16.6. The molecule has 2 fully saturated rings. The molecule has 8 heteroatoms. The van der Waals surface area contributed by atoms with Crippen LogP contribution in [0.25, 0.3) is 0 Å². The highest BCUT2D eigenvalue weighted by Gasteiger charge is 2.39. The topological polar surface area (TPSA) is 105 Å². The van der Waals surface area contributed by atoms with Crippen molar-refractivity contribution in [3.8, 4) is 0 Å². The van der Waals surface area contributed by atoms with Gasteiger partial charge in [-0.15, -0.1) is 0 Å². The molecule has 0 aliphatic heterocycles. The number of hydrogen-bond acceptors (Lipinski definition) is 8. The van der Waals surface area contributed by atoms with Crippen LogP contribution in [-0.2, 0) is 38.1 Å².